The van der Waals surface area contributed by atoms with Gasteiger partial charge in [-0.25, -0.2) is 4.98 Å². The van der Waals surface area contributed by atoms with Crippen molar-refractivity contribution in [3.8, 4) is 5.69 Å². The Kier molecular flexibility index (Phi) is 3.17. The number of aromatic nitrogens is 2. The minimum absolute atomic E-state index is 0.381. The molecular weight excluding hydrogens is 349 g/mol. The van der Waals surface area contributed by atoms with Crippen LogP contribution in [0.3, 0.4) is 0 Å². The molecule has 19 heavy (non-hydrogen) atoms. The Balaban J connectivity index is 2.36. The lowest BCUT2D eigenvalue weighted by atomic mass is 10.3. The number of para-hydroxylation sites is 1. The first kappa shape index (κ1) is 12.8. The SMILES string of the molecule is Nc1nc2c(Cl)cccc2n1-c1ccc(Cl)cc1Br. The summed E-state index contributed by atoms with van der Waals surface area (Å²) < 4.78 is 2.67. The number of nitrogens with two attached hydrogens (primary N) is 1. The van der Waals surface area contributed by atoms with E-state index in [9.17, 15) is 0 Å². The van der Waals surface area contributed by atoms with Crippen LogP contribution < -0.4 is 5.73 Å². The van der Waals surface area contributed by atoms with E-state index in [-0.39, 0.29) is 0 Å². The van der Waals surface area contributed by atoms with Crippen molar-refractivity contribution in [2.24, 2.45) is 0 Å². The summed E-state index contributed by atoms with van der Waals surface area (Å²) in [5, 5.41) is 1.23. The lowest BCUT2D eigenvalue weighted by molar-refractivity contribution is 1.10. The minimum Gasteiger partial charge on any atom is -0.369 e. The summed E-state index contributed by atoms with van der Waals surface area (Å²) in [7, 11) is 0. The highest BCUT2D eigenvalue weighted by Crippen LogP contribution is 2.32. The summed E-state index contributed by atoms with van der Waals surface area (Å²) in [5.41, 5.74) is 8.41. The first-order chi connectivity index (χ1) is 9.08. The Morgan fingerprint density at radius 3 is 2.68 bits per heavy atom. The fourth-order valence-corrected chi connectivity index (χ4v) is 3.07. The predicted molar refractivity (Wildman–Crippen MR) is 83.2 cm³/mol. The molecule has 3 aromatic rings. The van der Waals surface area contributed by atoms with E-state index in [1.54, 1.807) is 12.1 Å². The fraction of sp³-hybridized carbons (Fsp3) is 0. The second-order valence-corrected chi connectivity index (χ2v) is 5.71. The zero-order valence-electron chi connectivity index (χ0n) is 9.57. The second kappa shape index (κ2) is 4.71. The highest BCUT2D eigenvalue weighted by atomic mass is 79.9. The van der Waals surface area contributed by atoms with E-state index in [0.29, 0.717) is 21.5 Å². The van der Waals surface area contributed by atoms with E-state index in [0.717, 1.165) is 15.7 Å². The van der Waals surface area contributed by atoms with E-state index in [4.69, 9.17) is 28.9 Å². The molecule has 0 bridgehead atoms. The first-order valence-corrected chi connectivity index (χ1v) is 7.00. The number of anilines is 1. The molecule has 0 saturated carbocycles. The standard InChI is InChI=1S/C13H8BrCl2N3/c14-8-6-7(15)4-5-10(8)19-11-3-1-2-9(16)12(11)18-13(19)17/h1-6H,(H2,17,18). The van der Waals surface area contributed by atoms with Gasteiger partial charge in [0.15, 0.2) is 0 Å². The average molecular weight is 357 g/mol. The van der Waals surface area contributed by atoms with Gasteiger partial charge in [-0.1, -0.05) is 29.3 Å². The molecule has 0 amide bonds. The third kappa shape index (κ3) is 2.10. The molecular formula is C13H8BrCl2N3. The van der Waals surface area contributed by atoms with Gasteiger partial charge in [-0.05, 0) is 46.3 Å². The molecule has 0 aliphatic heterocycles. The van der Waals surface area contributed by atoms with E-state index in [1.807, 2.05) is 28.8 Å². The first-order valence-electron chi connectivity index (χ1n) is 5.46. The largest absolute Gasteiger partial charge is 0.369 e. The maximum Gasteiger partial charge on any atom is 0.206 e. The molecule has 0 radical (unpaired) electrons. The van der Waals surface area contributed by atoms with Gasteiger partial charge >= 0.3 is 0 Å². The Morgan fingerprint density at radius 1 is 1.16 bits per heavy atom. The van der Waals surface area contributed by atoms with E-state index in [1.165, 1.54) is 0 Å². The summed E-state index contributed by atoms with van der Waals surface area (Å²) >= 11 is 15.6. The molecule has 96 valence electrons. The second-order valence-electron chi connectivity index (χ2n) is 4.01. The summed E-state index contributed by atoms with van der Waals surface area (Å²) in [5.74, 6) is 0.381. The smallest absolute Gasteiger partial charge is 0.206 e. The molecule has 2 aromatic carbocycles. The number of rotatable bonds is 1. The molecule has 2 N–H and O–H groups in total. The molecule has 0 unspecified atom stereocenters. The summed E-state index contributed by atoms with van der Waals surface area (Å²) in [6.07, 6.45) is 0. The fourth-order valence-electron chi connectivity index (χ4n) is 2.00. The molecule has 1 heterocycles. The third-order valence-electron chi connectivity index (χ3n) is 2.81. The Hall–Kier alpha value is -1.23. The zero-order valence-corrected chi connectivity index (χ0v) is 12.7. The molecule has 0 saturated heterocycles. The average Bonchev–Trinajstić information content (AvgIpc) is 2.68. The monoisotopic (exact) mass is 355 g/mol. The molecule has 0 fully saturated rings. The summed E-state index contributed by atoms with van der Waals surface area (Å²) in [6, 6.07) is 11.1. The molecule has 6 heteroatoms. The van der Waals surface area contributed by atoms with Crippen LogP contribution in [0.2, 0.25) is 10.0 Å². The van der Waals surface area contributed by atoms with Crippen LogP contribution >= 0.6 is 39.1 Å². The van der Waals surface area contributed by atoms with Crippen LogP contribution in [0, 0.1) is 0 Å². The van der Waals surface area contributed by atoms with Crippen LogP contribution in [0.5, 0.6) is 0 Å². The molecule has 0 atom stereocenters. The number of fused-ring (bicyclic) bond motifs is 1. The number of nitrogens with zero attached hydrogens (tertiary/aromatic N) is 2. The van der Waals surface area contributed by atoms with E-state index >= 15 is 0 Å². The lowest BCUT2D eigenvalue weighted by Gasteiger charge is -2.09. The van der Waals surface area contributed by atoms with Crippen LogP contribution in [0.25, 0.3) is 16.7 Å². The van der Waals surface area contributed by atoms with Crippen molar-refractivity contribution < 1.29 is 0 Å². The normalized spacial score (nSPS) is 11.1. The maximum atomic E-state index is 6.13. The van der Waals surface area contributed by atoms with Gasteiger partial charge in [-0.15, -0.1) is 0 Å². The van der Waals surface area contributed by atoms with Gasteiger partial charge in [0, 0.05) is 9.50 Å². The van der Waals surface area contributed by atoms with Gasteiger partial charge < -0.3 is 5.73 Å². The quantitative estimate of drug-likeness (QED) is 0.688. The van der Waals surface area contributed by atoms with Crippen molar-refractivity contribution in [1.29, 1.82) is 0 Å². The highest BCUT2D eigenvalue weighted by Gasteiger charge is 2.14. The Morgan fingerprint density at radius 2 is 1.95 bits per heavy atom. The Labute approximate surface area is 128 Å². The third-order valence-corrected chi connectivity index (χ3v) is 3.99. The molecule has 0 spiro atoms. The zero-order chi connectivity index (χ0) is 13.6. The minimum atomic E-state index is 0.381. The van der Waals surface area contributed by atoms with Gasteiger partial charge in [0.25, 0.3) is 0 Å². The molecule has 3 nitrogen and oxygen atoms in total. The van der Waals surface area contributed by atoms with E-state index in [2.05, 4.69) is 20.9 Å². The van der Waals surface area contributed by atoms with Crippen molar-refractivity contribution in [1.82, 2.24) is 9.55 Å². The number of halogens is 3. The van der Waals surface area contributed by atoms with Gasteiger partial charge in [0.2, 0.25) is 5.95 Å². The van der Waals surface area contributed by atoms with Gasteiger partial charge in [-0.2, -0.15) is 0 Å². The van der Waals surface area contributed by atoms with Gasteiger partial charge in [0.05, 0.1) is 16.2 Å². The van der Waals surface area contributed by atoms with Crippen LogP contribution in [0.1, 0.15) is 0 Å². The highest BCUT2D eigenvalue weighted by molar-refractivity contribution is 9.10. The van der Waals surface area contributed by atoms with E-state index < -0.39 is 0 Å². The number of hydrogen-bond acceptors (Lipinski definition) is 2. The summed E-state index contributed by atoms with van der Waals surface area (Å²) in [4.78, 5) is 4.31. The van der Waals surface area contributed by atoms with Gasteiger partial charge in [-0.3, -0.25) is 4.57 Å². The number of benzene rings is 2. The number of hydrogen-bond donors (Lipinski definition) is 1. The Bertz CT molecular complexity index is 783. The number of nitrogen functional groups attached to an aromatic ring is 1. The van der Waals surface area contributed by atoms with Crippen LogP contribution in [-0.2, 0) is 0 Å². The van der Waals surface area contributed by atoms with Crippen molar-refractivity contribution in [2.45, 2.75) is 0 Å². The molecule has 1 aromatic heterocycles. The molecule has 0 aliphatic rings. The van der Waals surface area contributed by atoms with Crippen molar-refractivity contribution in [2.75, 3.05) is 5.73 Å². The van der Waals surface area contributed by atoms with Crippen LogP contribution in [0.15, 0.2) is 40.9 Å². The predicted octanol–water partition coefficient (Wildman–Crippen LogP) is 4.68. The summed E-state index contributed by atoms with van der Waals surface area (Å²) in [6.45, 7) is 0. The van der Waals surface area contributed by atoms with Crippen LogP contribution in [-0.4, -0.2) is 9.55 Å². The van der Waals surface area contributed by atoms with Crippen molar-refractivity contribution in [3.05, 3.63) is 50.9 Å². The van der Waals surface area contributed by atoms with Gasteiger partial charge in [0.1, 0.15) is 5.52 Å². The lowest BCUT2D eigenvalue weighted by Crippen LogP contribution is -2.01. The maximum absolute atomic E-state index is 6.13. The molecule has 0 aliphatic carbocycles. The topological polar surface area (TPSA) is 43.8 Å². The van der Waals surface area contributed by atoms with Crippen LogP contribution in [0.4, 0.5) is 5.95 Å². The van der Waals surface area contributed by atoms with Crippen molar-refractivity contribution >= 4 is 56.1 Å². The number of imidazole rings is 1. The molecule has 3 rings (SSSR count). The van der Waals surface area contributed by atoms with Crippen molar-refractivity contribution in [3.63, 3.8) is 0 Å².